The third-order valence-corrected chi connectivity index (χ3v) is 4.34. The highest BCUT2D eigenvalue weighted by Crippen LogP contribution is 2.29. The average molecular weight is 374 g/mol. The molecule has 0 spiro atoms. The van der Waals surface area contributed by atoms with Crippen LogP contribution in [-0.4, -0.2) is 12.5 Å². The number of nitrogens with one attached hydrogen (secondary N) is 1. The Labute approximate surface area is 164 Å². The first-order chi connectivity index (χ1) is 13.5. The highest BCUT2D eigenvalue weighted by molar-refractivity contribution is 5.92. The Morgan fingerprint density at radius 2 is 1.89 bits per heavy atom. The molecule has 1 heterocycles. The van der Waals surface area contributed by atoms with Crippen molar-refractivity contribution in [1.29, 1.82) is 5.26 Å². The van der Waals surface area contributed by atoms with Gasteiger partial charge in [-0.2, -0.15) is 5.26 Å². The van der Waals surface area contributed by atoms with Crippen molar-refractivity contribution in [3.63, 3.8) is 0 Å². The molecule has 5 nitrogen and oxygen atoms in total. The lowest BCUT2D eigenvalue weighted by atomic mass is 10.0. The average Bonchev–Trinajstić information content (AvgIpc) is 3.09. The molecule has 0 aliphatic heterocycles. The van der Waals surface area contributed by atoms with E-state index >= 15 is 0 Å². The number of carbonyl (C=O) groups is 1. The summed E-state index contributed by atoms with van der Waals surface area (Å²) in [6, 6.07) is 19.0. The molecule has 5 heteroatoms. The number of benzene rings is 2. The molecule has 0 bridgehead atoms. The van der Waals surface area contributed by atoms with E-state index in [1.165, 1.54) is 0 Å². The number of furan rings is 1. The van der Waals surface area contributed by atoms with Crippen LogP contribution in [0.2, 0.25) is 0 Å². The monoisotopic (exact) mass is 374 g/mol. The number of carbonyl (C=O) groups excluding carboxylic acids is 1. The van der Waals surface area contributed by atoms with Gasteiger partial charge < -0.3 is 9.15 Å². The lowest BCUT2D eigenvalue weighted by molar-refractivity contribution is -0.118. The van der Waals surface area contributed by atoms with Gasteiger partial charge in [-0.15, -0.1) is 0 Å². The van der Waals surface area contributed by atoms with E-state index in [-0.39, 0.29) is 29.9 Å². The maximum atomic E-state index is 12.3. The third-order valence-electron chi connectivity index (χ3n) is 4.34. The van der Waals surface area contributed by atoms with Gasteiger partial charge in [0.1, 0.15) is 23.1 Å². The Morgan fingerprint density at radius 3 is 2.57 bits per heavy atom. The van der Waals surface area contributed by atoms with Crippen LogP contribution in [0.3, 0.4) is 0 Å². The van der Waals surface area contributed by atoms with E-state index in [4.69, 9.17) is 9.15 Å². The van der Waals surface area contributed by atoms with E-state index in [1.54, 1.807) is 6.07 Å². The summed E-state index contributed by atoms with van der Waals surface area (Å²) in [5.74, 6) is 1.22. The largest absolute Gasteiger partial charge is 0.483 e. The minimum atomic E-state index is -0.389. The van der Waals surface area contributed by atoms with Gasteiger partial charge in [0.05, 0.1) is 0 Å². The molecule has 0 unspecified atom stereocenters. The van der Waals surface area contributed by atoms with Gasteiger partial charge in [-0.3, -0.25) is 10.1 Å². The van der Waals surface area contributed by atoms with Crippen molar-refractivity contribution in [3.8, 4) is 23.1 Å². The van der Waals surface area contributed by atoms with Crippen LogP contribution in [0.5, 0.6) is 5.75 Å². The van der Waals surface area contributed by atoms with Crippen molar-refractivity contribution in [3.05, 3.63) is 71.3 Å². The second-order valence-corrected chi connectivity index (χ2v) is 6.86. The summed E-state index contributed by atoms with van der Waals surface area (Å²) in [6.45, 7) is 5.96. The fourth-order valence-corrected chi connectivity index (χ4v) is 2.82. The zero-order valence-electron chi connectivity index (χ0n) is 16.2. The van der Waals surface area contributed by atoms with Crippen molar-refractivity contribution in [2.24, 2.45) is 0 Å². The molecular weight excluding hydrogens is 352 g/mol. The Hall–Kier alpha value is -3.52. The predicted molar refractivity (Wildman–Crippen MR) is 108 cm³/mol. The van der Waals surface area contributed by atoms with Gasteiger partial charge in [0.2, 0.25) is 5.88 Å². The fourth-order valence-electron chi connectivity index (χ4n) is 2.82. The van der Waals surface area contributed by atoms with Gasteiger partial charge >= 0.3 is 0 Å². The molecule has 0 fully saturated rings. The van der Waals surface area contributed by atoms with Crippen LogP contribution in [0.1, 0.15) is 36.5 Å². The van der Waals surface area contributed by atoms with Gasteiger partial charge in [-0.25, -0.2) is 0 Å². The van der Waals surface area contributed by atoms with E-state index in [1.807, 2.05) is 55.5 Å². The van der Waals surface area contributed by atoms with Crippen LogP contribution < -0.4 is 10.1 Å². The summed E-state index contributed by atoms with van der Waals surface area (Å²) >= 11 is 0. The molecule has 0 saturated carbocycles. The normalized spacial score (nSPS) is 10.5. The minimum Gasteiger partial charge on any atom is -0.483 e. The highest BCUT2D eigenvalue weighted by atomic mass is 16.5. The van der Waals surface area contributed by atoms with Crippen LogP contribution in [0.25, 0.3) is 11.3 Å². The van der Waals surface area contributed by atoms with Gasteiger partial charge in [-0.1, -0.05) is 61.9 Å². The smallest absolute Gasteiger partial charge is 0.264 e. The second-order valence-electron chi connectivity index (χ2n) is 6.86. The number of ether oxygens (including phenoxy) is 1. The Kier molecular flexibility index (Phi) is 5.81. The van der Waals surface area contributed by atoms with Gasteiger partial charge in [-0.05, 0) is 24.5 Å². The lowest BCUT2D eigenvalue weighted by Gasteiger charge is -2.13. The fraction of sp³-hybridized carbons (Fsp3) is 0.217. The van der Waals surface area contributed by atoms with Gasteiger partial charge in [0.15, 0.2) is 6.61 Å². The van der Waals surface area contributed by atoms with Crippen molar-refractivity contribution in [1.82, 2.24) is 0 Å². The molecule has 0 aliphatic rings. The summed E-state index contributed by atoms with van der Waals surface area (Å²) in [5.41, 5.74) is 3.27. The first-order valence-corrected chi connectivity index (χ1v) is 9.10. The number of nitrogens with zero attached hydrogens (tertiary/aromatic N) is 1. The van der Waals surface area contributed by atoms with Crippen LogP contribution >= 0.6 is 0 Å². The predicted octanol–water partition coefficient (Wildman–Crippen LogP) is 5.27. The maximum absolute atomic E-state index is 12.3. The zero-order valence-corrected chi connectivity index (χ0v) is 16.2. The Morgan fingerprint density at radius 1 is 1.18 bits per heavy atom. The number of hydrogen-bond acceptors (Lipinski definition) is 4. The maximum Gasteiger partial charge on any atom is 0.264 e. The summed E-state index contributed by atoms with van der Waals surface area (Å²) < 4.78 is 11.4. The quantitative estimate of drug-likeness (QED) is 0.638. The molecule has 0 aliphatic carbocycles. The second kappa shape index (κ2) is 8.45. The minimum absolute atomic E-state index is 0.129. The number of aryl methyl sites for hydroxylation is 1. The number of hydrogen-bond donors (Lipinski definition) is 1. The molecule has 2 aromatic carbocycles. The van der Waals surface area contributed by atoms with Crippen molar-refractivity contribution in [2.45, 2.75) is 26.7 Å². The van der Waals surface area contributed by atoms with Gasteiger partial charge in [0.25, 0.3) is 5.91 Å². The van der Waals surface area contributed by atoms with Crippen molar-refractivity contribution in [2.75, 3.05) is 11.9 Å². The molecule has 0 radical (unpaired) electrons. The third kappa shape index (κ3) is 4.41. The molecular formula is C23H22N2O3. The van der Waals surface area contributed by atoms with Crippen LogP contribution in [-0.2, 0) is 4.79 Å². The van der Waals surface area contributed by atoms with Crippen LogP contribution in [0.15, 0.2) is 59.0 Å². The van der Waals surface area contributed by atoms with Crippen molar-refractivity contribution < 1.29 is 13.9 Å². The zero-order chi connectivity index (χ0) is 20.1. The number of nitriles is 1. The summed E-state index contributed by atoms with van der Waals surface area (Å²) in [6.07, 6.45) is 0. The molecule has 1 N–H and O–H groups in total. The SMILES string of the molecule is Cc1ccc(-c2cc(C#N)c(NC(=O)COc3ccccc3C(C)C)o2)cc1. The number of amides is 1. The number of para-hydroxylation sites is 1. The number of rotatable bonds is 6. The molecule has 1 aromatic heterocycles. The molecule has 28 heavy (non-hydrogen) atoms. The van der Waals surface area contributed by atoms with Crippen LogP contribution in [0.4, 0.5) is 5.88 Å². The van der Waals surface area contributed by atoms with E-state index < -0.39 is 0 Å². The van der Waals surface area contributed by atoms with Crippen molar-refractivity contribution >= 4 is 11.8 Å². The topological polar surface area (TPSA) is 75.3 Å². The van der Waals surface area contributed by atoms with E-state index in [0.717, 1.165) is 16.7 Å². The van der Waals surface area contributed by atoms with Crippen LogP contribution in [0, 0.1) is 18.3 Å². The summed E-state index contributed by atoms with van der Waals surface area (Å²) in [5, 5.41) is 12.0. The Bertz CT molecular complexity index is 1010. The first-order valence-electron chi connectivity index (χ1n) is 9.10. The summed E-state index contributed by atoms with van der Waals surface area (Å²) in [7, 11) is 0. The molecule has 1 amide bonds. The summed E-state index contributed by atoms with van der Waals surface area (Å²) in [4.78, 5) is 12.3. The van der Waals surface area contributed by atoms with E-state index in [0.29, 0.717) is 11.5 Å². The molecule has 0 atom stereocenters. The van der Waals surface area contributed by atoms with E-state index in [9.17, 15) is 10.1 Å². The molecule has 3 aromatic rings. The lowest BCUT2D eigenvalue weighted by Crippen LogP contribution is -2.20. The number of anilines is 1. The van der Waals surface area contributed by atoms with Gasteiger partial charge in [0, 0.05) is 11.6 Å². The van der Waals surface area contributed by atoms with E-state index in [2.05, 4.69) is 25.2 Å². The first kappa shape index (κ1) is 19.2. The molecule has 3 rings (SSSR count). The molecule has 142 valence electrons. The Balaban J connectivity index is 1.71. The highest BCUT2D eigenvalue weighted by Gasteiger charge is 2.16. The standard InChI is InChI=1S/C23H22N2O3/c1-15(2)19-6-4-5-7-20(19)27-14-22(26)25-23-18(13-24)12-21(28-23)17-10-8-16(3)9-11-17/h4-12,15H,14H2,1-3H3,(H,25,26). The molecule has 0 saturated heterocycles.